The van der Waals surface area contributed by atoms with E-state index in [-0.39, 0.29) is 115 Å². The average molecular weight is 1110 g/mol. The summed E-state index contributed by atoms with van der Waals surface area (Å²) in [6.45, 7) is -1.35. The van der Waals surface area contributed by atoms with Crippen LogP contribution in [-0.4, -0.2) is 159 Å². The zero-order valence-corrected chi connectivity index (χ0v) is 42.8. The van der Waals surface area contributed by atoms with Crippen molar-refractivity contribution in [1.29, 1.82) is 0 Å². The normalized spacial score (nSPS) is 12.5. The Hall–Kier alpha value is 1.79. The van der Waals surface area contributed by atoms with Gasteiger partial charge in [-0.3, -0.25) is 0 Å². The van der Waals surface area contributed by atoms with Crippen molar-refractivity contribution in [2.24, 2.45) is 0 Å². The number of hydrogen-bond donors (Lipinski definition) is 5. The molecule has 0 fully saturated rings. The molecule has 0 saturated carbocycles. The summed E-state index contributed by atoms with van der Waals surface area (Å²) in [7, 11) is -44.6. The molecule has 48 heteroatoms. The third-order valence-corrected chi connectivity index (χ3v) is 15.5. The van der Waals surface area contributed by atoms with Crippen LogP contribution in [0.4, 0.5) is 25.3 Å². The van der Waals surface area contributed by atoms with Crippen LogP contribution in [0.25, 0.3) is 0 Å². The van der Waals surface area contributed by atoms with Crippen molar-refractivity contribution in [3.05, 3.63) is 0 Å². The molecule has 0 saturated heterocycles. The molecule has 0 spiro atoms. The molecule has 0 amide bonds. The predicted octanol–water partition coefficient (Wildman–Crippen LogP) is -19.4. The molecule has 63 heavy (non-hydrogen) atoms. The zero-order chi connectivity index (χ0) is 47.8. The average Bonchev–Trinajstić information content (AvgIpc) is 2.78. The van der Waals surface area contributed by atoms with E-state index in [9.17, 15) is 110 Å². The SMILES string of the molecule is C.CCOCC(F)(F)S(=O)(=O)NS(=O)(=O)C(F)(F)COCC.CS(=O)(=O)NS(=O)(=O)F.CS(=O)(=O)NS(=O)(=O)F.CS(=O)(=O)NS(C)(=O)=O.CS(=O)(=O)NS(C)(=O)=O.[Li+].[Li+].[Li+].[Li+].[Li+]. The first-order valence-corrected chi connectivity index (χ1v) is 29.7. The van der Waals surface area contributed by atoms with Gasteiger partial charge in [-0.05, 0) is 13.8 Å². The monoisotopic (exact) mass is 1110 g/mol. The summed E-state index contributed by atoms with van der Waals surface area (Å²) in [6.07, 6.45) is 4.15. The zero-order valence-electron chi connectivity index (χ0n) is 34.7. The maximum atomic E-state index is 13.2. The fourth-order valence-corrected chi connectivity index (χ4v) is 11.7. The first kappa shape index (κ1) is 91.1. The van der Waals surface area contributed by atoms with E-state index in [4.69, 9.17) is 0 Å². The van der Waals surface area contributed by atoms with Gasteiger partial charge in [0.15, 0.2) is 0 Å². The van der Waals surface area contributed by atoms with Gasteiger partial charge in [-0.1, -0.05) is 27.6 Å². The van der Waals surface area contributed by atoms with E-state index in [1.807, 2.05) is 0 Å². The van der Waals surface area contributed by atoms with Crippen LogP contribution < -0.4 is 115 Å². The smallest absolute Gasteiger partial charge is 0.374 e. The summed E-state index contributed by atoms with van der Waals surface area (Å²) >= 11 is 0. The van der Waals surface area contributed by atoms with Gasteiger partial charge in [-0.2, -0.15) is 34.4 Å². The van der Waals surface area contributed by atoms with Crippen molar-refractivity contribution >= 4 is 101 Å². The topological polar surface area (TPSA) is 420 Å². The second-order valence-electron chi connectivity index (χ2n) is 9.48. The number of ether oxygens (including phenoxy) is 2. The third kappa shape index (κ3) is 68.1. The quantitative estimate of drug-likeness (QED) is 0.0483. The van der Waals surface area contributed by atoms with Gasteiger partial charge < -0.3 is 9.47 Å². The molecular formula is C15H41F6Li5N5O22S10+5. The van der Waals surface area contributed by atoms with Gasteiger partial charge in [0, 0.05) is 13.2 Å². The molecule has 0 rings (SSSR count). The number of halogens is 6. The van der Waals surface area contributed by atoms with Crippen molar-refractivity contribution in [2.45, 2.75) is 31.8 Å². The number of rotatable bonds is 18. The minimum Gasteiger partial charge on any atom is -0.374 e. The van der Waals surface area contributed by atoms with Crippen molar-refractivity contribution in [2.75, 3.05) is 64.0 Å². The van der Waals surface area contributed by atoms with E-state index in [0.29, 0.717) is 16.6 Å². The fraction of sp³-hybridized carbons (Fsp3) is 1.00. The first-order valence-electron chi connectivity index (χ1n) is 12.6. The summed E-state index contributed by atoms with van der Waals surface area (Å²) in [6, 6.07) is 0. The fourth-order valence-electron chi connectivity index (χ4n) is 1.77. The van der Waals surface area contributed by atoms with E-state index in [1.54, 1.807) is 0 Å². The molecule has 0 aromatic carbocycles. The Labute approximate surface area is 426 Å². The molecule has 0 aromatic rings. The summed E-state index contributed by atoms with van der Waals surface area (Å²) in [5.74, 6) is 0. The van der Waals surface area contributed by atoms with Crippen molar-refractivity contribution in [1.82, 2.24) is 20.6 Å². The largest absolute Gasteiger partial charge is 1.00 e. The molecule has 0 radical (unpaired) electrons. The second kappa shape index (κ2) is 35.0. The molecular weight excluding hydrogens is 1070 g/mol. The summed E-state index contributed by atoms with van der Waals surface area (Å²) in [5.41, 5.74) is 0. The van der Waals surface area contributed by atoms with Gasteiger partial charge >= 0.3 is 126 Å². The number of hydrogen-bond acceptors (Lipinski definition) is 22. The Morgan fingerprint density at radius 2 is 0.524 bits per heavy atom. The minimum atomic E-state index is -5.93. The van der Waals surface area contributed by atoms with Gasteiger partial charge in [-0.15, -0.1) is 8.25 Å². The van der Waals surface area contributed by atoms with Crippen LogP contribution >= 0.6 is 0 Å². The molecule has 0 atom stereocenters. The van der Waals surface area contributed by atoms with E-state index >= 15 is 0 Å². The maximum absolute atomic E-state index is 13.2. The van der Waals surface area contributed by atoms with Gasteiger partial charge in [0.25, 0.3) is 20.0 Å². The number of alkyl halides is 4. The molecule has 360 valence electrons. The van der Waals surface area contributed by atoms with E-state index in [1.165, 1.54) is 22.1 Å². The predicted molar refractivity (Wildman–Crippen MR) is 192 cm³/mol. The van der Waals surface area contributed by atoms with Crippen LogP contribution in [0.5, 0.6) is 0 Å². The van der Waals surface area contributed by atoms with Crippen molar-refractivity contribution in [3.63, 3.8) is 0 Å². The molecule has 5 N–H and O–H groups in total. The van der Waals surface area contributed by atoms with Gasteiger partial charge in [0.1, 0.15) is 13.2 Å². The molecule has 0 bridgehead atoms. The maximum Gasteiger partial charge on any atom is 1.00 e. The van der Waals surface area contributed by atoms with Gasteiger partial charge in [-0.25, -0.2) is 67.3 Å². The Kier molecular flexibility index (Phi) is 50.6. The van der Waals surface area contributed by atoms with Crippen LogP contribution in [0.15, 0.2) is 0 Å². The van der Waals surface area contributed by atoms with Crippen LogP contribution in [0.3, 0.4) is 0 Å². The first-order chi connectivity index (χ1) is 24.2. The Morgan fingerprint density at radius 1 is 0.365 bits per heavy atom. The standard InChI is InChI=1S/C8H15F4NO6S2.2C2H7NO4S2.2CH4FNO4S2.CH4.5Li/c1-3-18-5-7(9,10)20(14,15)13-21(16,17)8(11,12)6-19-4-2;4*1-8(4,5)3-9(2,6)7;;;;;;/h13H,3-6H2,1-2H3;2*3H,1-2H3;2*3H,1H3;1H4;;;;;/q;;;;;;5*+1. The molecule has 0 aliphatic carbocycles. The molecule has 27 nitrogen and oxygen atoms in total. The Morgan fingerprint density at radius 3 is 0.603 bits per heavy atom. The van der Waals surface area contributed by atoms with Crippen LogP contribution in [-0.2, 0) is 110 Å². The molecule has 0 unspecified atom stereocenters. The summed E-state index contributed by atoms with van der Waals surface area (Å²) in [4.78, 5) is 0. The summed E-state index contributed by atoms with van der Waals surface area (Å²) in [5, 5.41) is -9.39. The van der Waals surface area contributed by atoms with E-state index < -0.39 is 125 Å². The van der Waals surface area contributed by atoms with E-state index in [2.05, 4.69) is 9.47 Å². The molecule has 0 aliphatic heterocycles. The van der Waals surface area contributed by atoms with Crippen LogP contribution in [0.2, 0.25) is 0 Å². The Bertz CT molecular complexity index is 2040. The molecule has 0 heterocycles. The van der Waals surface area contributed by atoms with Gasteiger partial charge in [0.05, 0.1) is 37.5 Å². The van der Waals surface area contributed by atoms with E-state index in [0.717, 1.165) is 33.3 Å². The van der Waals surface area contributed by atoms with Crippen LogP contribution in [0, 0.1) is 0 Å². The minimum absolute atomic E-state index is 0. The third-order valence-electron chi connectivity index (χ3n) is 3.06. The number of nitrogens with one attached hydrogen (secondary N) is 5. The van der Waals surface area contributed by atoms with Crippen molar-refractivity contribution < 1.29 is 213 Å². The van der Waals surface area contributed by atoms with Crippen molar-refractivity contribution in [3.8, 4) is 0 Å². The van der Waals surface area contributed by atoms with Gasteiger partial charge in [0.2, 0.25) is 60.1 Å². The van der Waals surface area contributed by atoms with Crippen LogP contribution in [0.1, 0.15) is 21.3 Å². The molecule has 0 aromatic heterocycles. The molecule has 0 aliphatic rings. The number of sulfonamides is 8. The summed E-state index contributed by atoms with van der Waals surface area (Å²) < 4.78 is 292. The Balaban J connectivity index is -0.0000000618. The second-order valence-corrected chi connectivity index (χ2v) is 27.0.